The van der Waals surface area contributed by atoms with Crippen LogP contribution in [0.2, 0.25) is 0 Å². The summed E-state index contributed by atoms with van der Waals surface area (Å²) in [6.45, 7) is 1.66. The van der Waals surface area contributed by atoms with Gasteiger partial charge in [0.1, 0.15) is 5.82 Å². The number of aryl methyl sites for hydroxylation is 1. The molecule has 3 aromatic rings. The molecule has 0 bridgehead atoms. The minimum atomic E-state index is -0.379. The van der Waals surface area contributed by atoms with E-state index in [4.69, 9.17) is 5.73 Å². The number of nitrogens with two attached hydrogens (primary N) is 1. The van der Waals surface area contributed by atoms with Crippen molar-refractivity contribution in [3.05, 3.63) is 52.3 Å². The van der Waals surface area contributed by atoms with Gasteiger partial charge in [0.15, 0.2) is 5.82 Å². The molecule has 0 spiro atoms. The topological polar surface area (TPSA) is 69.6 Å². The molecule has 21 heavy (non-hydrogen) atoms. The molecular formula is C14H11BrFN5. The van der Waals surface area contributed by atoms with E-state index in [0.717, 1.165) is 10.2 Å². The van der Waals surface area contributed by atoms with Gasteiger partial charge >= 0.3 is 0 Å². The number of benzene rings is 2. The molecule has 2 N–H and O–H groups in total. The standard InChI is InChI=1S/C14H11BrFN5/c1-8-5-10(17)7-12(13(8)16)14-18-19-20-21(14)11-4-2-3-9(15)6-11/h2-7H,17H2,1H3. The summed E-state index contributed by atoms with van der Waals surface area (Å²) in [4.78, 5) is 0. The van der Waals surface area contributed by atoms with Gasteiger partial charge in [0.05, 0.1) is 11.3 Å². The number of halogens is 2. The van der Waals surface area contributed by atoms with Crippen LogP contribution >= 0.6 is 15.9 Å². The second kappa shape index (κ2) is 5.25. The summed E-state index contributed by atoms with van der Waals surface area (Å²) in [5, 5.41) is 11.5. The van der Waals surface area contributed by atoms with E-state index in [-0.39, 0.29) is 11.4 Å². The van der Waals surface area contributed by atoms with Gasteiger partial charge in [0, 0.05) is 10.2 Å². The largest absolute Gasteiger partial charge is 0.399 e. The Labute approximate surface area is 128 Å². The molecule has 0 amide bonds. The first kappa shape index (κ1) is 13.7. The average molecular weight is 348 g/mol. The highest BCUT2D eigenvalue weighted by Gasteiger charge is 2.17. The van der Waals surface area contributed by atoms with Crippen LogP contribution in [0.15, 0.2) is 40.9 Å². The number of rotatable bonds is 2. The maximum atomic E-state index is 14.3. The van der Waals surface area contributed by atoms with Crippen molar-refractivity contribution < 1.29 is 4.39 Å². The Morgan fingerprint density at radius 2 is 2.05 bits per heavy atom. The van der Waals surface area contributed by atoms with Crippen LogP contribution in [0.25, 0.3) is 17.1 Å². The smallest absolute Gasteiger partial charge is 0.190 e. The second-order valence-electron chi connectivity index (χ2n) is 4.59. The highest BCUT2D eigenvalue weighted by atomic mass is 79.9. The van der Waals surface area contributed by atoms with E-state index in [2.05, 4.69) is 31.5 Å². The number of hydrogen-bond acceptors (Lipinski definition) is 4. The Kier molecular flexibility index (Phi) is 3.42. The van der Waals surface area contributed by atoms with Crippen LogP contribution in [0.1, 0.15) is 5.56 Å². The van der Waals surface area contributed by atoms with Crippen LogP contribution < -0.4 is 5.73 Å². The van der Waals surface area contributed by atoms with Gasteiger partial charge < -0.3 is 5.73 Å². The zero-order valence-electron chi connectivity index (χ0n) is 11.1. The van der Waals surface area contributed by atoms with Crippen molar-refractivity contribution in [2.75, 3.05) is 5.73 Å². The number of hydrogen-bond donors (Lipinski definition) is 1. The number of tetrazole rings is 1. The predicted octanol–water partition coefficient (Wildman–Crippen LogP) is 3.12. The first-order valence-corrected chi connectivity index (χ1v) is 6.96. The molecule has 7 heteroatoms. The quantitative estimate of drug-likeness (QED) is 0.723. The molecule has 5 nitrogen and oxygen atoms in total. The molecule has 1 aromatic heterocycles. The molecule has 0 unspecified atom stereocenters. The monoisotopic (exact) mass is 347 g/mol. The van der Waals surface area contributed by atoms with Crippen molar-refractivity contribution in [2.45, 2.75) is 6.92 Å². The van der Waals surface area contributed by atoms with Crippen molar-refractivity contribution >= 4 is 21.6 Å². The predicted molar refractivity (Wildman–Crippen MR) is 81.4 cm³/mol. The molecule has 106 valence electrons. The fraction of sp³-hybridized carbons (Fsp3) is 0.0714. The van der Waals surface area contributed by atoms with Crippen molar-refractivity contribution in [1.82, 2.24) is 20.2 Å². The minimum Gasteiger partial charge on any atom is -0.399 e. The zero-order chi connectivity index (χ0) is 15.0. The molecule has 0 radical (unpaired) electrons. The van der Waals surface area contributed by atoms with Crippen molar-refractivity contribution in [3.63, 3.8) is 0 Å². The Hall–Kier alpha value is -2.28. The van der Waals surface area contributed by atoms with E-state index in [1.807, 2.05) is 24.3 Å². The van der Waals surface area contributed by atoms with Gasteiger partial charge in [0.25, 0.3) is 0 Å². The third-order valence-electron chi connectivity index (χ3n) is 3.04. The van der Waals surface area contributed by atoms with E-state index < -0.39 is 0 Å². The second-order valence-corrected chi connectivity index (χ2v) is 5.51. The minimum absolute atomic E-state index is 0.275. The Bertz CT molecular complexity index is 815. The number of anilines is 1. The zero-order valence-corrected chi connectivity index (χ0v) is 12.7. The van der Waals surface area contributed by atoms with Gasteiger partial charge in [-0.2, -0.15) is 4.68 Å². The summed E-state index contributed by atoms with van der Waals surface area (Å²) in [5.74, 6) is -0.0729. The Morgan fingerprint density at radius 1 is 1.24 bits per heavy atom. The lowest BCUT2D eigenvalue weighted by atomic mass is 10.1. The lowest BCUT2D eigenvalue weighted by molar-refractivity contribution is 0.620. The fourth-order valence-electron chi connectivity index (χ4n) is 2.10. The van der Waals surface area contributed by atoms with Gasteiger partial charge in [-0.1, -0.05) is 22.0 Å². The Morgan fingerprint density at radius 3 is 2.81 bits per heavy atom. The molecule has 1 heterocycles. The molecular weight excluding hydrogens is 337 g/mol. The summed E-state index contributed by atoms with van der Waals surface area (Å²) in [7, 11) is 0. The molecule has 0 atom stereocenters. The van der Waals surface area contributed by atoms with Crippen LogP contribution in [-0.4, -0.2) is 20.2 Å². The van der Waals surface area contributed by atoms with Crippen LogP contribution in [0, 0.1) is 12.7 Å². The molecule has 2 aromatic carbocycles. The molecule has 0 aliphatic carbocycles. The van der Waals surface area contributed by atoms with Gasteiger partial charge in [-0.05, 0) is 53.2 Å². The maximum Gasteiger partial charge on any atom is 0.190 e. The van der Waals surface area contributed by atoms with Crippen LogP contribution in [-0.2, 0) is 0 Å². The summed E-state index contributed by atoms with van der Waals surface area (Å²) >= 11 is 3.39. The molecule has 0 aliphatic rings. The maximum absolute atomic E-state index is 14.3. The number of nitrogen functional groups attached to an aromatic ring is 1. The first-order chi connectivity index (χ1) is 10.1. The third kappa shape index (κ3) is 2.52. The highest BCUT2D eigenvalue weighted by Crippen LogP contribution is 2.27. The molecule has 0 fully saturated rings. The van der Waals surface area contributed by atoms with Crippen molar-refractivity contribution in [2.24, 2.45) is 0 Å². The van der Waals surface area contributed by atoms with Crippen LogP contribution in [0.5, 0.6) is 0 Å². The number of aromatic nitrogens is 4. The van der Waals surface area contributed by atoms with Crippen LogP contribution in [0.3, 0.4) is 0 Å². The Balaban J connectivity index is 2.20. The lowest BCUT2D eigenvalue weighted by Crippen LogP contribution is -2.02. The van der Waals surface area contributed by atoms with Gasteiger partial charge in [-0.3, -0.25) is 0 Å². The first-order valence-electron chi connectivity index (χ1n) is 6.16. The third-order valence-corrected chi connectivity index (χ3v) is 3.53. The SMILES string of the molecule is Cc1cc(N)cc(-c2nnnn2-c2cccc(Br)c2)c1F. The van der Waals surface area contributed by atoms with Crippen molar-refractivity contribution in [1.29, 1.82) is 0 Å². The fourth-order valence-corrected chi connectivity index (χ4v) is 2.48. The van der Waals surface area contributed by atoms with Gasteiger partial charge in [-0.25, -0.2) is 4.39 Å². The number of nitrogens with zero attached hydrogens (tertiary/aromatic N) is 4. The molecule has 0 saturated heterocycles. The van der Waals surface area contributed by atoms with E-state index in [0.29, 0.717) is 17.1 Å². The van der Waals surface area contributed by atoms with Gasteiger partial charge in [-0.15, -0.1) is 5.10 Å². The van der Waals surface area contributed by atoms with E-state index in [9.17, 15) is 4.39 Å². The van der Waals surface area contributed by atoms with E-state index in [1.165, 1.54) is 10.7 Å². The summed E-state index contributed by atoms with van der Waals surface area (Å²) in [5.41, 5.74) is 7.71. The van der Waals surface area contributed by atoms with E-state index in [1.54, 1.807) is 13.0 Å². The summed E-state index contributed by atoms with van der Waals surface area (Å²) in [6, 6.07) is 10.5. The molecule has 3 rings (SSSR count). The molecule has 0 aliphatic heterocycles. The van der Waals surface area contributed by atoms with E-state index >= 15 is 0 Å². The lowest BCUT2D eigenvalue weighted by Gasteiger charge is -2.08. The van der Waals surface area contributed by atoms with Crippen molar-refractivity contribution in [3.8, 4) is 17.1 Å². The normalized spacial score (nSPS) is 10.8. The highest BCUT2D eigenvalue weighted by molar-refractivity contribution is 9.10. The van der Waals surface area contributed by atoms with Gasteiger partial charge in [0.2, 0.25) is 0 Å². The summed E-state index contributed by atoms with van der Waals surface area (Å²) in [6.07, 6.45) is 0. The summed E-state index contributed by atoms with van der Waals surface area (Å²) < 4.78 is 16.7. The molecule has 0 saturated carbocycles. The average Bonchev–Trinajstić information content (AvgIpc) is 2.92. The van der Waals surface area contributed by atoms with Crippen LogP contribution in [0.4, 0.5) is 10.1 Å².